The van der Waals surface area contributed by atoms with Crippen LogP contribution in [0.1, 0.15) is 0 Å². The molecule has 56 heavy (non-hydrogen) atoms. The van der Waals surface area contributed by atoms with Crippen LogP contribution in [0.25, 0.3) is 106 Å². The zero-order chi connectivity index (χ0) is 37.0. The molecule has 6 heteroatoms. The van der Waals surface area contributed by atoms with Crippen LogP contribution in [-0.4, -0.2) is 24.5 Å². The molecule has 0 unspecified atom stereocenters. The maximum absolute atomic E-state index is 6.63. The van der Waals surface area contributed by atoms with Gasteiger partial charge < -0.3 is 8.98 Å². The Morgan fingerprint density at radius 2 is 0.839 bits per heavy atom. The van der Waals surface area contributed by atoms with E-state index in [1.807, 2.05) is 84.9 Å². The van der Waals surface area contributed by atoms with Crippen molar-refractivity contribution in [2.24, 2.45) is 0 Å². The Labute approximate surface area is 322 Å². The summed E-state index contributed by atoms with van der Waals surface area (Å²) >= 11 is 0. The van der Waals surface area contributed by atoms with Crippen molar-refractivity contribution < 1.29 is 4.42 Å². The number of benzene rings is 7. The minimum atomic E-state index is 0.631. The number of furan rings is 1. The molecule has 0 radical (unpaired) electrons. The lowest BCUT2D eigenvalue weighted by molar-refractivity contribution is 0.670. The summed E-state index contributed by atoms with van der Waals surface area (Å²) in [7, 11) is 0. The lowest BCUT2D eigenvalue weighted by Gasteiger charge is -2.10. The minimum Gasteiger partial charge on any atom is -0.452 e. The molecule has 0 aliphatic rings. The van der Waals surface area contributed by atoms with Gasteiger partial charge in [0, 0.05) is 44.1 Å². The van der Waals surface area contributed by atoms with E-state index in [9.17, 15) is 0 Å². The van der Waals surface area contributed by atoms with Crippen molar-refractivity contribution in [2.75, 3.05) is 0 Å². The molecule has 0 saturated carbocycles. The van der Waals surface area contributed by atoms with Crippen LogP contribution in [0.3, 0.4) is 0 Å². The standard InChI is InChI=1S/C50H31N5O/c1-4-14-35(15-5-1)48-52-49(36-16-6-2-7-17-36)54-50(53-48)37-30-26-33(27-31-37)32-24-28-34(29-25-32)44-43-39-20-10-12-22-41(39)55(38-18-8-3-9-19-38)46(43)47-45(51-44)40-21-11-13-23-42(40)56-47/h1-31H. The van der Waals surface area contributed by atoms with Gasteiger partial charge in [0.15, 0.2) is 23.1 Å². The van der Waals surface area contributed by atoms with E-state index in [0.717, 1.165) is 88.6 Å². The predicted octanol–water partition coefficient (Wildman–Crippen LogP) is 12.6. The van der Waals surface area contributed by atoms with Gasteiger partial charge in [0.1, 0.15) is 16.6 Å². The molecule has 6 nitrogen and oxygen atoms in total. The molecule has 0 aliphatic heterocycles. The molecule has 7 aromatic carbocycles. The van der Waals surface area contributed by atoms with Crippen molar-refractivity contribution in [3.05, 3.63) is 188 Å². The first kappa shape index (κ1) is 31.8. The molecule has 0 N–H and O–H groups in total. The van der Waals surface area contributed by atoms with Gasteiger partial charge in [0.25, 0.3) is 0 Å². The number of hydrogen-bond donors (Lipinski definition) is 0. The van der Waals surface area contributed by atoms with Gasteiger partial charge in [-0.1, -0.05) is 158 Å². The maximum Gasteiger partial charge on any atom is 0.178 e. The van der Waals surface area contributed by atoms with Crippen molar-refractivity contribution in [1.29, 1.82) is 0 Å². The summed E-state index contributed by atoms with van der Waals surface area (Å²) < 4.78 is 8.94. The average Bonchev–Trinajstić information content (AvgIpc) is 3.83. The van der Waals surface area contributed by atoms with Gasteiger partial charge in [-0.15, -0.1) is 0 Å². The normalized spacial score (nSPS) is 11.6. The van der Waals surface area contributed by atoms with Crippen LogP contribution in [0, 0.1) is 0 Å². The Hall–Kier alpha value is -7.70. The minimum absolute atomic E-state index is 0.631. The summed E-state index contributed by atoms with van der Waals surface area (Å²) in [5, 5.41) is 3.19. The molecule has 0 fully saturated rings. The molecule has 11 rings (SSSR count). The SMILES string of the molecule is c1ccc(-c2nc(-c3ccccc3)nc(-c3ccc(-c4ccc(-c5nc6c7ccccc7oc6c6c5c5ccccc5n6-c5ccccc5)cc4)cc3)n2)cc1. The number of aromatic nitrogens is 5. The number of rotatable bonds is 6. The van der Waals surface area contributed by atoms with E-state index in [4.69, 9.17) is 24.4 Å². The van der Waals surface area contributed by atoms with Crippen LogP contribution in [0.15, 0.2) is 192 Å². The Morgan fingerprint density at radius 3 is 1.45 bits per heavy atom. The average molecular weight is 718 g/mol. The van der Waals surface area contributed by atoms with E-state index >= 15 is 0 Å². The fourth-order valence-corrected chi connectivity index (χ4v) is 7.79. The molecule has 262 valence electrons. The highest BCUT2D eigenvalue weighted by atomic mass is 16.3. The zero-order valence-electron chi connectivity index (χ0n) is 30.0. The Kier molecular flexibility index (Phi) is 7.38. The fraction of sp³-hybridized carbons (Fsp3) is 0. The largest absolute Gasteiger partial charge is 0.452 e. The lowest BCUT2D eigenvalue weighted by atomic mass is 9.99. The highest BCUT2D eigenvalue weighted by Crippen LogP contribution is 2.44. The number of nitrogens with zero attached hydrogens (tertiary/aromatic N) is 5. The molecule has 4 heterocycles. The third kappa shape index (κ3) is 5.27. The van der Waals surface area contributed by atoms with Crippen LogP contribution < -0.4 is 0 Å². The van der Waals surface area contributed by atoms with E-state index in [2.05, 4.69) is 108 Å². The van der Waals surface area contributed by atoms with Gasteiger partial charge in [-0.05, 0) is 41.5 Å². The van der Waals surface area contributed by atoms with Gasteiger partial charge in [-0.3, -0.25) is 0 Å². The second-order valence-corrected chi connectivity index (χ2v) is 13.8. The van der Waals surface area contributed by atoms with Crippen LogP contribution in [0.2, 0.25) is 0 Å². The first-order valence-electron chi connectivity index (χ1n) is 18.6. The summed E-state index contributed by atoms with van der Waals surface area (Å²) in [5.41, 5.74) is 12.6. The van der Waals surface area contributed by atoms with Gasteiger partial charge in [-0.25, -0.2) is 19.9 Å². The van der Waals surface area contributed by atoms with E-state index in [1.165, 1.54) is 0 Å². The van der Waals surface area contributed by atoms with E-state index in [1.54, 1.807) is 0 Å². The number of fused-ring (bicyclic) bond motifs is 7. The summed E-state index contributed by atoms with van der Waals surface area (Å²) in [6.45, 7) is 0. The smallest absolute Gasteiger partial charge is 0.178 e. The zero-order valence-corrected chi connectivity index (χ0v) is 30.0. The van der Waals surface area contributed by atoms with Crippen molar-refractivity contribution in [1.82, 2.24) is 24.5 Å². The van der Waals surface area contributed by atoms with E-state index in [0.29, 0.717) is 17.5 Å². The topological polar surface area (TPSA) is 69.6 Å². The highest BCUT2D eigenvalue weighted by molar-refractivity contribution is 6.24. The highest BCUT2D eigenvalue weighted by Gasteiger charge is 2.24. The van der Waals surface area contributed by atoms with Gasteiger partial charge in [-0.2, -0.15) is 0 Å². The molecule has 0 atom stereocenters. The van der Waals surface area contributed by atoms with E-state index in [-0.39, 0.29) is 0 Å². The van der Waals surface area contributed by atoms with Gasteiger partial charge in [0.2, 0.25) is 0 Å². The molecule has 0 amide bonds. The Balaban J connectivity index is 1.02. The van der Waals surface area contributed by atoms with Gasteiger partial charge >= 0.3 is 0 Å². The van der Waals surface area contributed by atoms with Crippen molar-refractivity contribution in [2.45, 2.75) is 0 Å². The molecule has 4 aromatic heterocycles. The van der Waals surface area contributed by atoms with Crippen LogP contribution >= 0.6 is 0 Å². The monoisotopic (exact) mass is 717 g/mol. The number of hydrogen-bond acceptors (Lipinski definition) is 5. The second-order valence-electron chi connectivity index (χ2n) is 13.8. The maximum atomic E-state index is 6.63. The quantitative estimate of drug-likeness (QED) is 0.171. The number of pyridine rings is 1. The molecule has 11 aromatic rings. The molecule has 0 saturated heterocycles. The first-order valence-corrected chi connectivity index (χ1v) is 18.6. The van der Waals surface area contributed by atoms with Crippen molar-refractivity contribution in [3.8, 4) is 62.2 Å². The predicted molar refractivity (Wildman–Crippen MR) is 226 cm³/mol. The fourth-order valence-electron chi connectivity index (χ4n) is 7.79. The van der Waals surface area contributed by atoms with Gasteiger partial charge in [0.05, 0.1) is 11.2 Å². The molecular weight excluding hydrogens is 687 g/mol. The summed E-state index contributed by atoms with van der Waals surface area (Å²) in [5.74, 6) is 1.92. The Bertz CT molecular complexity index is 3150. The van der Waals surface area contributed by atoms with Crippen LogP contribution in [0.4, 0.5) is 0 Å². The van der Waals surface area contributed by atoms with Crippen LogP contribution in [0.5, 0.6) is 0 Å². The molecule has 0 aliphatic carbocycles. The second kappa shape index (κ2) is 13.0. The Morgan fingerprint density at radius 1 is 0.375 bits per heavy atom. The third-order valence-electron chi connectivity index (χ3n) is 10.5. The first-order chi connectivity index (χ1) is 27.8. The molecule has 0 bridgehead atoms. The van der Waals surface area contributed by atoms with Crippen LogP contribution in [-0.2, 0) is 0 Å². The molecule has 0 spiro atoms. The third-order valence-corrected chi connectivity index (χ3v) is 10.5. The summed E-state index contributed by atoms with van der Waals surface area (Å²) in [6.07, 6.45) is 0. The number of para-hydroxylation sites is 3. The van der Waals surface area contributed by atoms with Crippen molar-refractivity contribution >= 4 is 43.9 Å². The molecular formula is C50H31N5O. The summed E-state index contributed by atoms with van der Waals surface area (Å²) in [4.78, 5) is 20.1. The lowest BCUT2D eigenvalue weighted by Crippen LogP contribution is -2.00. The summed E-state index contributed by atoms with van der Waals surface area (Å²) in [6, 6.07) is 64.4. The van der Waals surface area contributed by atoms with Crippen molar-refractivity contribution in [3.63, 3.8) is 0 Å². The van der Waals surface area contributed by atoms with E-state index < -0.39 is 0 Å².